The van der Waals surface area contributed by atoms with Crippen LogP contribution in [0.3, 0.4) is 0 Å². The van der Waals surface area contributed by atoms with E-state index >= 15 is 0 Å². The van der Waals surface area contributed by atoms with Crippen LogP contribution in [0.5, 0.6) is 0 Å². The first-order chi connectivity index (χ1) is 6.74. The highest BCUT2D eigenvalue weighted by Crippen LogP contribution is 2.05. The third-order valence-corrected chi connectivity index (χ3v) is 2.01. The van der Waals surface area contributed by atoms with E-state index in [-0.39, 0.29) is 11.9 Å². The van der Waals surface area contributed by atoms with Crippen LogP contribution < -0.4 is 5.73 Å². The van der Waals surface area contributed by atoms with Crippen molar-refractivity contribution in [1.29, 1.82) is 5.41 Å². The molecule has 0 radical (unpaired) electrons. The van der Waals surface area contributed by atoms with Crippen LogP contribution >= 0.6 is 0 Å². The van der Waals surface area contributed by atoms with Gasteiger partial charge in [-0.25, -0.2) is 0 Å². The van der Waals surface area contributed by atoms with Crippen molar-refractivity contribution in [2.24, 2.45) is 5.73 Å². The highest BCUT2D eigenvalue weighted by Gasteiger charge is 2.09. The minimum atomic E-state index is -0.254. The molecule has 0 aliphatic heterocycles. The van der Waals surface area contributed by atoms with Crippen LogP contribution in [-0.4, -0.2) is 11.9 Å². The van der Waals surface area contributed by atoms with Crippen LogP contribution in [0, 0.1) is 5.41 Å². The Balaban J connectivity index is 2.44. The molecule has 3 heteroatoms. The summed E-state index contributed by atoms with van der Waals surface area (Å²) < 4.78 is 5.49. The predicted molar refractivity (Wildman–Crippen MR) is 57.2 cm³/mol. The van der Waals surface area contributed by atoms with Crippen molar-refractivity contribution in [3.63, 3.8) is 0 Å². The van der Waals surface area contributed by atoms with Crippen LogP contribution in [-0.2, 0) is 11.3 Å². The van der Waals surface area contributed by atoms with Crippen molar-refractivity contribution < 1.29 is 4.74 Å². The summed E-state index contributed by atoms with van der Waals surface area (Å²) in [6.45, 7) is 2.47. The highest BCUT2D eigenvalue weighted by molar-refractivity contribution is 5.81. The Morgan fingerprint density at radius 2 is 2.07 bits per heavy atom. The molecule has 0 heterocycles. The summed E-state index contributed by atoms with van der Waals surface area (Å²) in [4.78, 5) is 0. The minimum absolute atomic E-state index is 0.100. The van der Waals surface area contributed by atoms with Gasteiger partial charge in [-0.1, -0.05) is 37.3 Å². The lowest BCUT2D eigenvalue weighted by molar-refractivity contribution is 0.0808. The molecule has 1 aromatic carbocycles. The molecular weight excluding hydrogens is 176 g/mol. The van der Waals surface area contributed by atoms with Gasteiger partial charge in [0.15, 0.2) is 0 Å². The van der Waals surface area contributed by atoms with E-state index in [1.165, 1.54) is 0 Å². The van der Waals surface area contributed by atoms with E-state index in [2.05, 4.69) is 0 Å². The van der Waals surface area contributed by atoms with Gasteiger partial charge in [-0.05, 0) is 12.0 Å². The Kier molecular flexibility index (Phi) is 4.13. The minimum Gasteiger partial charge on any atom is -0.385 e. The van der Waals surface area contributed by atoms with Crippen LogP contribution in [0.15, 0.2) is 30.3 Å². The van der Waals surface area contributed by atoms with Crippen LogP contribution in [0.25, 0.3) is 0 Å². The number of ether oxygens (including phenoxy) is 1. The number of nitrogens with one attached hydrogen (secondary N) is 1. The molecule has 0 bridgehead atoms. The van der Waals surface area contributed by atoms with E-state index in [4.69, 9.17) is 15.9 Å². The number of hydrogen-bond donors (Lipinski definition) is 2. The maximum atomic E-state index is 7.27. The molecule has 0 saturated carbocycles. The molecule has 0 saturated heterocycles. The Morgan fingerprint density at radius 1 is 1.43 bits per heavy atom. The summed E-state index contributed by atoms with van der Waals surface area (Å²) in [5.41, 5.74) is 6.47. The lowest BCUT2D eigenvalue weighted by Gasteiger charge is -2.14. The molecule has 1 unspecified atom stereocenters. The lowest BCUT2D eigenvalue weighted by atomic mass is 10.2. The quantitative estimate of drug-likeness (QED) is 0.553. The zero-order chi connectivity index (χ0) is 10.4. The van der Waals surface area contributed by atoms with Crippen molar-refractivity contribution in [2.75, 3.05) is 0 Å². The lowest BCUT2D eigenvalue weighted by Crippen LogP contribution is -2.29. The number of hydrogen-bond acceptors (Lipinski definition) is 2. The zero-order valence-corrected chi connectivity index (χ0v) is 8.36. The molecule has 0 amide bonds. The van der Waals surface area contributed by atoms with Gasteiger partial charge in [-0.15, -0.1) is 0 Å². The van der Waals surface area contributed by atoms with Gasteiger partial charge in [-0.2, -0.15) is 0 Å². The summed E-state index contributed by atoms with van der Waals surface area (Å²) in [6.07, 6.45) is 0.484. The average Bonchev–Trinajstić information content (AvgIpc) is 2.20. The monoisotopic (exact) mass is 192 g/mol. The second-order valence-corrected chi connectivity index (χ2v) is 3.15. The summed E-state index contributed by atoms with van der Waals surface area (Å²) in [5.74, 6) is 0.100. The van der Waals surface area contributed by atoms with Crippen LogP contribution in [0.4, 0.5) is 0 Å². The first-order valence-electron chi connectivity index (χ1n) is 4.73. The molecule has 1 aromatic rings. The van der Waals surface area contributed by atoms with Crippen molar-refractivity contribution in [1.82, 2.24) is 0 Å². The van der Waals surface area contributed by atoms with Gasteiger partial charge < -0.3 is 10.5 Å². The molecule has 3 nitrogen and oxygen atoms in total. The normalized spacial score (nSPS) is 12.4. The van der Waals surface area contributed by atoms with E-state index < -0.39 is 0 Å². The van der Waals surface area contributed by atoms with Gasteiger partial charge in [0.05, 0.1) is 6.61 Å². The van der Waals surface area contributed by atoms with Crippen molar-refractivity contribution >= 4 is 5.84 Å². The van der Waals surface area contributed by atoms with Crippen LogP contribution in [0.2, 0.25) is 0 Å². The molecule has 3 N–H and O–H groups in total. The summed E-state index contributed by atoms with van der Waals surface area (Å²) in [7, 11) is 0. The van der Waals surface area contributed by atoms with Crippen molar-refractivity contribution in [3.8, 4) is 0 Å². The van der Waals surface area contributed by atoms with E-state index in [9.17, 15) is 0 Å². The third-order valence-electron chi connectivity index (χ3n) is 2.01. The molecule has 0 fully saturated rings. The number of rotatable bonds is 5. The fraction of sp³-hybridized carbons (Fsp3) is 0.364. The fourth-order valence-corrected chi connectivity index (χ4v) is 1.20. The van der Waals surface area contributed by atoms with E-state index in [0.29, 0.717) is 6.61 Å². The summed E-state index contributed by atoms with van der Waals surface area (Å²) in [5, 5.41) is 7.27. The highest BCUT2D eigenvalue weighted by atomic mass is 16.5. The Morgan fingerprint density at radius 3 is 2.57 bits per heavy atom. The SMILES string of the molecule is CCC(OCc1ccccc1)C(=N)N. The van der Waals surface area contributed by atoms with E-state index in [1.54, 1.807) is 0 Å². The summed E-state index contributed by atoms with van der Waals surface area (Å²) >= 11 is 0. The molecular formula is C11H16N2O. The molecule has 76 valence electrons. The van der Waals surface area contributed by atoms with Crippen LogP contribution in [0.1, 0.15) is 18.9 Å². The number of benzene rings is 1. The fourth-order valence-electron chi connectivity index (χ4n) is 1.20. The molecule has 1 rings (SSSR count). The van der Waals surface area contributed by atoms with Gasteiger partial charge >= 0.3 is 0 Å². The summed E-state index contributed by atoms with van der Waals surface area (Å²) in [6, 6.07) is 9.88. The van der Waals surface area contributed by atoms with Gasteiger partial charge in [0.25, 0.3) is 0 Å². The predicted octanol–water partition coefficient (Wildman–Crippen LogP) is 1.92. The number of nitrogens with two attached hydrogens (primary N) is 1. The maximum Gasteiger partial charge on any atom is 0.120 e. The molecule has 0 spiro atoms. The van der Waals surface area contributed by atoms with Crippen molar-refractivity contribution in [2.45, 2.75) is 26.1 Å². The Bertz CT molecular complexity index is 285. The first-order valence-corrected chi connectivity index (χ1v) is 4.73. The van der Waals surface area contributed by atoms with Gasteiger partial charge in [0.2, 0.25) is 0 Å². The molecule has 14 heavy (non-hydrogen) atoms. The van der Waals surface area contributed by atoms with Gasteiger partial charge in [-0.3, -0.25) is 5.41 Å². The molecule has 0 aliphatic carbocycles. The van der Waals surface area contributed by atoms with Gasteiger partial charge in [0.1, 0.15) is 11.9 Å². The standard InChI is InChI=1S/C11H16N2O/c1-2-10(11(12)13)14-8-9-6-4-3-5-7-9/h3-7,10H,2,8H2,1H3,(H3,12,13). The van der Waals surface area contributed by atoms with E-state index in [0.717, 1.165) is 12.0 Å². The third kappa shape index (κ3) is 3.18. The van der Waals surface area contributed by atoms with Crippen molar-refractivity contribution in [3.05, 3.63) is 35.9 Å². The first kappa shape index (κ1) is 10.7. The second kappa shape index (κ2) is 5.40. The van der Waals surface area contributed by atoms with Gasteiger partial charge in [0, 0.05) is 0 Å². The topological polar surface area (TPSA) is 59.1 Å². The smallest absolute Gasteiger partial charge is 0.120 e. The molecule has 1 atom stereocenters. The largest absolute Gasteiger partial charge is 0.385 e. The maximum absolute atomic E-state index is 7.27. The second-order valence-electron chi connectivity index (χ2n) is 3.15. The molecule has 0 aliphatic rings. The number of amidine groups is 1. The Hall–Kier alpha value is -1.35. The Labute approximate surface area is 84.4 Å². The zero-order valence-electron chi connectivity index (χ0n) is 8.36. The average molecular weight is 192 g/mol. The molecule has 0 aromatic heterocycles. The van der Waals surface area contributed by atoms with E-state index in [1.807, 2.05) is 37.3 Å².